The normalized spacial score (nSPS) is 18.0. The molecule has 1 atom stereocenters. The topological polar surface area (TPSA) is 57.1 Å². The summed E-state index contributed by atoms with van der Waals surface area (Å²) in [5, 5.41) is 11.8. The van der Waals surface area contributed by atoms with Gasteiger partial charge in [-0.05, 0) is 30.0 Å². The quantitative estimate of drug-likeness (QED) is 0.796. The zero-order valence-electron chi connectivity index (χ0n) is 16.2. The van der Waals surface area contributed by atoms with Crippen LogP contribution in [0, 0.1) is 0 Å². The summed E-state index contributed by atoms with van der Waals surface area (Å²) >= 11 is 1.59. The van der Waals surface area contributed by atoms with E-state index in [0.29, 0.717) is 10.9 Å². The fraction of sp³-hybridized carbons (Fsp3) is 0.318. The Morgan fingerprint density at radius 3 is 2.64 bits per heavy atom. The Balaban J connectivity index is 1.81. The summed E-state index contributed by atoms with van der Waals surface area (Å²) in [6, 6.07) is 16.2. The number of hydrazone groups is 1. The van der Waals surface area contributed by atoms with Crippen molar-refractivity contribution in [1.29, 1.82) is 0 Å². The van der Waals surface area contributed by atoms with Gasteiger partial charge in [0.15, 0.2) is 11.3 Å². The first-order valence-corrected chi connectivity index (χ1v) is 10.8. The molecule has 2 aliphatic heterocycles. The van der Waals surface area contributed by atoms with Gasteiger partial charge >= 0.3 is 0 Å². The fourth-order valence-electron chi connectivity index (χ4n) is 3.35. The highest BCUT2D eigenvalue weighted by atomic mass is 32.2. The van der Waals surface area contributed by atoms with Gasteiger partial charge in [-0.25, -0.2) is 5.01 Å². The predicted molar refractivity (Wildman–Crippen MR) is 114 cm³/mol. The molecule has 0 radical (unpaired) electrons. The molecule has 0 aromatic heterocycles. The van der Waals surface area contributed by atoms with E-state index in [4.69, 9.17) is 10.1 Å². The van der Waals surface area contributed by atoms with Crippen molar-refractivity contribution in [1.82, 2.24) is 10.3 Å². The molecular weight excluding hydrogens is 368 g/mol. The number of para-hydroxylation sites is 1. The first-order valence-electron chi connectivity index (χ1n) is 9.79. The number of hydrogen-bond donors (Lipinski definition) is 1. The van der Waals surface area contributed by atoms with Crippen molar-refractivity contribution < 1.29 is 4.79 Å². The molecule has 0 fully saturated rings. The van der Waals surface area contributed by atoms with Crippen molar-refractivity contribution in [2.24, 2.45) is 10.1 Å². The van der Waals surface area contributed by atoms with Gasteiger partial charge in [0, 0.05) is 11.0 Å². The molecule has 5 nitrogen and oxygen atoms in total. The Morgan fingerprint density at radius 1 is 1.11 bits per heavy atom. The van der Waals surface area contributed by atoms with Crippen LogP contribution in [-0.4, -0.2) is 21.8 Å². The maximum absolute atomic E-state index is 13.0. The van der Waals surface area contributed by atoms with Crippen molar-refractivity contribution in [2.75, 3.05) is 5.75 Å². The predicted octanol–water partition coefficient (Wildman–Crippen LogP) is 2.93. The van der Waals surface area contributed by atoms with E-state index >= 15 is 0 Å². The Morgan fingerprint density at radius 2 is 1.89 bits per heavy atom. The van der Waals surface area contributed by atoms with Gasteiger partial charge in [-0.15, -0.1) is 5.10 Å². The van der Waals surface area contributed by atoms with Gasteiger partial charge in [-0.2, -0.15) is 0 Å². The molecule has 1 amide bonds. The highest BCUT2D eigenvalue weighted by Crippen LogP contribution is 2.30. The molecule has 0 aliphatic carbocycles. The van der Waals surface area contributed by atoms with Crippen molar-refractivity contribution in [3.63, 3.8) is 0 Å². The lowest BCUT2D eigenvalue weighted by Crippen LogP contribution is -2.50. The number of hydrogen-bond acceptors (Lipinski definition) is 5. The number of rotatable bonds is 5. The van der Waals surface area contributed by atoms with Gasteiger partial charge in [0.25, 0.3) is 5.91 Å². The summed E-state index contributed by atoms with van der Waals surface area (Å²) in [7, 11) is 0. The summed E-state index contributed by atoms with van der Waals surface area (Å²) in [5.41, 5.74) is 2.87. The number of fused-ring (bicyclic) bond motifs is 2. The molecule has 0 bridgehead atoms. The van der Waals surface area contributed by atoms with E-state index in [0.717, 1.165) is 41.2 Å². The molecule has 2 aromatic rings. The maximum Gasteiger partial charge on any atom is 0.276 e. The van der Waals surface area contributed by atoms with Crippen LogP contribution < -0.4 is 15.9 Å². The number of nitrogens with one attached hydrogen (secondary N) is 1. The van der Waals surface area contributed by atoms with Crippen LogP contribution in [0.3, 0.4) is 0 Å². The number of benzene rings is 2. The van der Waals surface area contributed by atoms with E-state index in [9.17, 15) is 4.79 Å². The third-order valence-corrected chi connectivity index (χ3v) is 5.89. The van der Waals surface area contributed by atoms with Crippen LogP contribution in [0.1, 0.15) is 44.0 Å². The highest BCUT2D eigenvalue weighted by molar-refractivity contribution is 8.13. The van der Waals surface area contributed by atoms with Crippen molar-refractivity contribution in [3.05, 3.63) is 70.2 Å². The van der Waals surface area contributed by atoms with Gasteiger partial charge in [0.05, 0.1) is 5.36 Å². The molecular formula is C22H24N4OS. The number of nitrogens with zero attached hydrogens (tertiary/aromatic N) is 3. The highest BCUT2D eigenvalue weighted by Gasteiger charge is 2.34. The van der Waals surface area contributed by atoms with Crippen molar-refractivity contribution >= 4 is 28.5 Å². The smallest absolute Gasteiger partial charge is 0.276 e. The van der Waals surface area contributed by atoms with E-state index in [1.54, 1.807) is 16.8 Å². The number of amidine groups is 1. The lowest BCUT2D eigenvalue weighted by molar-refractivity contribution is -0.116. The van der Waals surface area contributed by atoms with Gasteiger partial charge in [-0.3, -0.25) is 15.1 Å². The molecule has 6 heteroatoms. The summed E-state index contributed by atoms with van der Waals surface area (Å²) in [6.45, 7) is 4.30. The van der Waals surface area contributed by atoms with Gasteiger partial charge in [0.1, 0.15) is 5.70 Å². The van der Waals surface area contributed by atoms with Crippen LogP contribution in [0.2, 0.25) is 0 Å². The molecule has 4 rings (SSSR count). The van der Waals surface area contributed by atoms with E-state index in [-0.39, 0.29) is 12.1 Å². The van der Waals surface area contributed by atoms with Crippen molar-refractivity contribution in [3.8, 4) is 0 Å². The number of amides is 1. The third-order valence-electron chi connectivity index (χ3n) is 4.94. The first kappa shape index (κ1) is 18.7. The monoisotopic (exact) mass is 392 g/mol. The summed E-state index contributed by atoms with van der Waals surface area (Å²) in [4.78, 5) is 17.9. The van der Waals surface area contributed by atoms with Crippen molar-refractivity contribution in [2.45, 2.75) is 39.3 Å². The zero-order chi connectivity index (χ0) is 19.5. The summed E-state index contributed by atoms with van der Waals surface area (Å²) in [5.74, 6) is 0.814. The van der Waals surface area contributed by atoms with E-state index in [1.165, 1.54) is 5.56 Å². The van der Waals surface area contributed by atoms with Gasteiger partial charge in [-0.1, -0.05) is 74.5 Å². The van der Waals surface area contributed by atoms with Crippen LogP contribution in [0.4, 0.5) is 0 Å². The van der Waals surface area contributed by atoms with Crippen LogP contribution in [-0.2, 0) is 11.2 Å². The number of carbonyl (C=O) groups excluding carboxylic acids is 1. The van der Waals surface area contributed by atoms with Crippen LogP contribution >= 0.6 is 11.8 Å². The molecule has 0 spiro atoms. The van der Waals surface area contributed by atoms with Gasteiger partial charge < -0.3 is 0 Å². The number of aryl methyl sites for hydroxylation is 1. The van der Waals surface area contributed by atoms with Crippen LogP contribution in [0.5, 0.6) is 0 Å². The summed E-state index contributed by atoms with van der Waals surface area (Å²) in [6.07, 6.45) is 2.85. The maximum atomic E-state index is 13.0. The number of unbranched alkanes of at least 4 members (excludes halogenated alkanes) is 1. The molecule has 144 valence electrons. The lowest BCUT2D eigenvalue weighted by Gasteiger charge is -2.34. The second-order valence-corrected chi connectivity index (χ2v) is 7.95. The molecule has 2 aliphatic rings. The molecule has 0 unspecified atom stereocenters. The SMILES string of the molecule is CCCCSC1=NN2C(=c3ccccc3=N[C@@H]2c2ccc(CC)cc2)C(=O)N1. The lowest BCUT2D eigenvalue weighted by atomic mass is 10.1. The van der Waals surface area contributed by atoms with Crippen LogP contribution in [0.25, 0.3) is 5.70 Å². The van der Waals surface area contributed by atoms with E-state index in [1.807, 2.05) is 24.3 Å². The minimum atomic E-state index is -0.344. The molecule has 1 N–H and O–H groups in total. The third kappa shape index (κ3) is 3.56. The first-order chi connectivity index (χ1) is 13.7. The summed E-state index contributed by atoms with van der Waals surface area (Å²) < 4.78 is 0. The van der Waals surface area contributed by atoms with Crippen LogP contribution in [0.15, 0.2) is 58.6 Å². The Kier molecular flexibility index (Phi) is 5.48. The molecule has 0 saturated heterocycles. The van der Waals surface area contributed by atoms with E-state index in [2.05, 4.69) is 43.4 Å². The Bertz CT molecular complexity index is 1030. The Hall–Kier alpha value is -2.60. The minimum Gasteiger partial charge on any atom is -0.298 e. The average Bonchev–Trinajstić information content (AvgIpc) is 2.73. The molecule has 0 saturated carbocycles. The molecule has 2 aromatic carbocycles. The largest absolute Gasteiger partial charge is 0.298 e. The fourth-order valence-corrected chi connectivity index (χ4v) is 4.29. The minimum absolute atomic E-state index is 0.119. The van der Waals surface area contributed by atoms with E-state index < -0.39 is 0 Å². The standard InChI is InChI=1S/C22H24N4OS/c1-3-5-14-28-22-24-21(27)19-17-8-6-7-9-18(17)23-20(26(19)25-22)16-12-10-15(4-2)11-13-16/h6-13,20H,3-5,14H2,1-2H3,(H,24,25,27)/t20-/m0/s1. The number of carbonyl (C=O) groups is 1. The zero-order valence-corrected chi connectivity index (χ0v) is 17.0. The van der Waals surface area contributed by atoms with Gasteiger partial charge in [0.2, 0.25) is 0 Å². The Labute approximate surface area is 169 Å². The number of thioether (sulfide) groups is 1. The second kappa shape index (κ2) is 8.19. The molecule has 28 heavy (non-hydrogen) atoms. The molecule has 2 heterocycles. The average molecular weight is 393 g/mol. The second-order valence-electron chi connectivity index (χ2n) is 6.87.